The van der Waals surface area contributed by atoms with Crippen molar-refractivity contribution in [3.63, 3.8) is 0 Å². The number of hydrogen-bond acceptors (Lipinski definition) is 1. The van der Waals surface area contributed by atoms with Crippen LogP contribution in [-0.2, 0) is 0 Å². The van der Waals surface area contributed by atoms with Gasteiger partial charge in [-0.2, -0.15) is 5.26 Å². The van der Waals surface area contributed by atoms with Crippen molar-refractivity contribution < 1.29 is 0 Å². The molecule has 2 aromatic heterocycles. The van der Waals surface area contributed by atoms with Crippen LogP contribution in [0, 0.1) is 17.9 Å². The van der Waals surface area contributed by atoms with E-state index in [1.807, 2.05) is 42.5 Å². The van der Waals surface area contributed by atoms with Crippen LogP contribution >= 0.6 is 0 Å². The second-order valence-corrected chi connectivity index (χ2v) is 10.5. The fourth-order valence-electron chi connectivity index (χ4n) is 6.31. The first kappa shape index (κ1) is 25.8. The maximum Gasteiger partial charge on any atom is 0.188 e. The molecule has 2 heterocycles. The third-order valence-corrected chi connectivity index (χ3v) is 8.11. The Morgan fingerprint density at radius 1 is 0.512 bits per heavy atom. The Morgan fingerprint density at radius 2 is 1.07 bits per heavy atom. The van der Waals surface area contributed by atoms with E-state index in [1.165, 1.54) is 10.8 Å². The first-order valence-corrected chi connectivity index (χ1v) is 13.8. The first-order chi connectivity index (χ1) is 20.7. The molecule has 6 aromatic carbocycles. The lowest BCUT2D eigenvalue weighted by molar-refractivity contribution is 1.17. The van der Waals surface area contributed by atoms with Crippen LogP contribution in [0.1, 0.15) is 13.0 Å². The largest absolute Gasteiger partial charge is 0.309 e. The van der Waals surface area contributed by atoms with Crippen LogP contribution in [0.15, 0.2) is 133 Å². The second kappa shape index (κ2) is 10.1. The van der Waals surface area contributed by atoms with Gasteiger partial charge in [0.1, 0.15) is 0 Å². The summed E-state index contributed by atoms with van der Waals surface area (Å²) in [5.41, 5.74) is 9.57. The molecule has 0 aliphatic carbocycles. The highest BCUT2D eigenvalue weighted by atomic mass is 15.0. The lowest BCUT2D eigenvalue weighted by Gasteiger charge is -2.13. The molecule has 202 valence electrons. The molecule has 0 saturated heterocycles. The molecule has 0 radical (unpaired) electrons. The molecule has 0 N–H and O–H groups in total. The number of para-hydroxylation sites is 3. The number of nitriles is 1. The monoisotopic (exact) mass is 550 g/mol. The van der Waals surface area contributed by atoms with Crippen molar-refractivity contribution >= 4 is 49.3 Å². The summed E-state index contributed by atoms with van der Waals surface area (Å²) < 4.78 is 4.50. The molecule has 0 atom stereocenters. The molecule has 4 nitrogen and oxygen atoms in total. The SMILES string of the molecule is C.[C-]#[N+]c1ccc2c(c1)c1ccccc1n2-c1cccc(-c2cc(C#N)cc(-n3c4ccccc4c4ccccc43)c2)c1. The summed E-state index contributed by atoms with van der Waals surface area (Å²) in [5.74, 6) is 0. The standard InChI is InChI=1S/C38H22N4.CH4/c1-40-28-17-18-38-34(23-28)33-13-4-7-16-37(33)41(38)29-10-8-9-26(21-29)27-19-25(24-39)20-30(22-27)42-35-14-5-2-11-31(35)32-12-3-6-15-36(32)42;/h2-23H;1H4. The van der Waals surface area contributed by atoms with Crippen molar-refractivity contribution in [3.05, 3.63) is 150 Å². The molecule has 0 unspecified atom stereocenters. The Morgan fingerprint density at radius 3 is 1.70 bits per heavy atom. The lowest BCUT2D eigenvalue weighted by atomic mass is 10.0. The van der Waals surface area contributed by atoms with Crippen molar-refractivity contribution in [1.82, 2.24) is 9.13 Å². The summed E-state index contributed by atoms with van der Waals surface area (Å²) in [5, 5.41) is 14.6. The minimum atomic E-state index is 0. The number of fused-ring (bicyclic) bond motifs is 6. The van der Waals surface area contributed by atoms with Crippen LogP contribution in [0.4, 0.5) is 5.69 Å². The number of aromatic nitrogens is 2. The van der Waals surface area contributed by atoms with Gasteiger partial charge in [0.25, 0.3) is 0 Å². The zero-order chi connectivity index (χ0) is 28.2. The summed E-state index contributed by atoms with van der Waals surface area (Å²) in [6.45, 7) is 7.51. The highest BCUT2D eigenvalue weighted by Crippen LogP contribution is 2.37. The normalized spacial score (nSPS) is 11.0. The number of benzene rings is 6. The second-order valence-electron chi connectivity index (χ2n) is 10.5. The maximum atomic E-state index is 10.1. The van der Waals surface area contributed by atoms with Crippen LogP contribution in [0.3, 0.4) is 0 Å². The van der Waals surface area contributed by atoms with Gasteiger partial charge in [-0.05, 0) is 77.2 Å². The van der Waals surface area contributed by atoms with Crippen molar-refractivity contribution in [3.8, 4) is 28.6 Å². The summed E-state index contributed by atoms with van der Waals surface area (Å²) in [6, 6.07) is 48.0. The van der Waals surface area contributed by atoms with E-state index in [9.17, 15) is 5.26 Å². The van der Waals surface area contributed by atoms with E-state index in [4.69, 9.17) is 6.57 Å². The van der Waals surface area contributed by atoms with Gasteiger partial charge >= 0.3 is 0 Å². The molecule has 0 amide bonds. The van der Waals surface area contributed by atoms with Crippen molar-refractivity contribution in [2.24, 2.45) is 0 Å². The van der Waals surface area contributed by atoms with Crippen LogP contribution in [0.25, 0.3) is 71.0 Å². The smallest absolute Gasteiger partial charge is 0.188 e. The van der Waals surface area contributed by atoms with Gasteiger partial charge in [0.2, 0.25) is 0 Å². The summed E-state index contributed by atoms with van der Waals surface area (Å²) in [6.07, 6.45) is 0. The molecule has 0 fully saturated rings. The summed E-state index contributed by atoms with van der Waals surface area (Å²) in [4.78, 5) is 3.66. The minimum absolute atomic E-state index is 0. The summed E-state index contributed by atoms with van der Waals surface area (Å²) in [7, 11) is 0. The Balaban J connectivity index is 0.00000300. The number of hydrogen-bond donors (Lipinski definition) is 0. The first-order valence-electron chi connectivity index (χ1n) is 13.8. The molecule has 4 heteroatoms. The van der Waals surface area contributed by atoms with E-state index in [-0.39, 0.29) is 7.43 Å². The molecular formula is C39H26N4. The van der Waals surface area contributed by atoms with Crippen molar-refractivity contribution in [1.29, 1.82) is 5.26 Å². The fourth-order valence-corrected chi connectivity index (χ4v) is 6.31. The molecule has 0 aliphatic heterocycles. The highest BCUT2D eigenvalue weighted by molar-refractivity contribution is 6.11. The van der Waals surface area contributed by atoms with Gasteiger partial charge in [0, 0.05) is 27.5 Å². The predicted molar refractivity (Wildman–Crippen MR) is 178 cm³/mol. The molecule has 0 bridgehead atoms. The molecule has 0 aliphatic rings. The quantitative estimate of drug-likeness (QED) is 0.202. The molecular weight excluding hydrogens is 524 g/mol. The average Bonchev–Trinajstić information content (AvgIpc) is 3.57. The average molecular weight is 551 g/mol. The highest BCUT2D eigenvalue weighted by Gasteiger charge is 2.16. The third kappa shape index (κ3) is 3.97. The van der Waals surface area contributed by atoms with Crippen LogP contribution in [-0.4, -0.2) is 9.13 Å². The fraction of sp³-hybridized carbons (Fsp3) is 0.0256. The van der Waals surface area contributed by atoms with Crippen molar-refractivity contribution in [2.45, 2.75) is 7.43 Å². The molecule has 8 aromatic rings. The zero-order valence-electron chi connectivity index (χ0n) is 22.5. The predicted octanol–water partition coefficient (Wildman–Crippen LogP) is 10.6. The number of rotatable bonds is 3. The maximum absolute atomic E-state index is 10.1. The van der Waals surface area contributed by atoms with Gasteiger partial charge in [-0.15, -0.1) is 0 Å². The Kier molecular flexibility index (Phi) is 6.05. The van der Waals surface area contributed by atoms with Gasteiger partial charge < -0.3 is 9.13 Å². The van der Waals surface area contributed by atoms with Gasteiger partial charge in [0.05, 0.1) is 40.3 Å². The van der Waals surface area contributed by atoms with E-state index >= 15 is 0 Å². The third-order valence-electron chi connectivity index (χ3n) is 8.11. The van der Waals surface area contributed by atoms with E-state index in [2.05, 4.69) is 111 Å². The van der Waals surface area contributed by atoms with Gasteiger partial charge in [0.15, 0.2) is 5.69 Å². The van der Waals surface area contributed by atoms with Crippen molar-refractivity contribution in [2.75, 3.05) is 0 Å². The zero-order valence-corrected chi connectivity index (χ0v) is 22.5. The Bertz CT molecular complexity index is 2390. The van der Waals surface area contributed by atoms with E-state index < -0.39 is 0 Å². The van der Waals surface area contributed by atoms with Gasteiger partial charge in [-0.3, -0.25) is 0 Å². The number of nitrogens with zero attached hydrogens (tertiary/aromatic N) is 4. The van der Waals surface area contributed by atoms with Crippen LogP contribution < -0.4 is 0 Å². The van der Waals surface area contributed by atoms with Crippen LogP contribution in [0.5, 0.6) is 0 Å². The lowest BCUT2D eigenvalue weighted by Crippen LogP contribution is -1.97. The minimum Gasteiger partial charge on any atom is -0.309 e. The van der Waals surface area contributed by atoms with E-state index in [0.717, 1.165) is 55.3 Å². The summed E-state index contributed by atoms with van der Waals surface area (Å²) >= 11 is 0. The van der Waals surface area contributed by atoms with Crippen LogP contribution in [0.2, 0.25) is 0 Å². The molecule has 43 heavy (non-hydrogen) atoms. The molecule has 0 spiro atoms. The van der Waals surface area contributed by atoms with Gasteiger partial charge in [-0.1, -0.05) is 80.2 Å². The topological polar surface area (TPSA) is 38.0 Å². The Hall–Kier alpha value is -6.10. The van der Waals surface area contributed by atoms with Gasteiger partial charge in [-0.25, -0.2) is 4.85 Å². The molecule has 0 saturated carbocycles. The van der Waals surface area contributed by atoms with E-state index in [0.29, 0.717) is 11.3 Å². The molecule has 8 rings (SSSR count). The Labute approximate surface area is 249 Å². The van der Waals surface area contributed by atoms with E-state index in [1.54, 1.807) is 0 Å².